The summed E-state index contributed by atoms with van der Waals surface area (Å²) in [5.41, 5.74) is 1.97. The quantitative estimate of drug-likeness (QED) is 0.746. The van der Waals surface area contributed by atoms with Crippen LogP contribution in [0, 0.1) is 0 Å². The van der Waals surface area contributed by atoms with Crippen molar-refractivity contribution in [1.82, 2.24) is 4.90 Å². The van der Waals surface area contributed by atoms with Gasteiger partial charge in [0.05, 0.1) is 12.2 Å². The van der Waals surface area contributed by atoms with Crippen LogP contribution >= 0.6 is 0 Å². The molecular weight excluding hydrogens is 342 g/mol. The van der Waals surface area contributed by atoms with E-state index in [-0.39, 0.29) is 24.7 Å². The molecule has 1 saturated carbocycles. The first kappa shape index (κ1) is 17.5. The van der Waals surface area contributed by atoms with Crippen LogP contribution in [0.4, 0.5) is 0 Å². The summed E-state index contributed by atoms with van der Waals surface area (Å²) in [6.45, 7) is 0.531. The number of aliphatic hydroxyl groups is 2. The largest absolute Gasteiger partial charge is 0.454 e. The van der Waals surface area contributed by atoms with Gasteiger partial charge in [0.15, 0.2) is 11.5 Å². The molecule has 3 aliphatic rings. The molecule has 1 aromatic carbocycles. The maximum Gasteiger partial charge on any atom is 0.280 e. The average molecular weight is 365 g/mol. The molecule has 1 amide bonds. The number of rotatable bonds is 3. The van der Waals surface area contributed by atoms with E-state index in [9.17, 15) is 15.0 Å². The summed E-state index contributed by atoms with van der Waals surface area (Å²) in [4.78, 5) is 14.6. The average Bonchev–Trinajstić information content (AvgIpc) is 3.09. The van der Waals surface area contributed by atoms with Gasteiger partial charge in [0.1, 0.15) is 0 Å². The first-order valence-electron chi connectivity index (χ1n) is 8.68. The van der Waals surface area contributed by atoms with E-state index < -0.39 is 18.5 Å². The second-order valence-corrected chi connectivity index (χ2v) is 6.95. The van der Waals surface area contributed by atoms with E-state index in [1.165, 1.54) is 14.2 Å². The van der Waals surface area contributed by atoms with Crippen LogP contribution in [0.5, 0.6) is 11.5 Å². The lowest BCUT2D eigenvalue weighted by Crippen LogP contribution is -2.56. The molecule has 2 N–H and O–H groups in total. The monoisotopic (exact) mass is 365 g/mol. The van der Waals surface area contributed by atoms with Crippen molar-refractivity contribution >= 4 is 5.91 Å². The lowest BCUT2D eigenvalue weighted by atomic mass is 9.72. The molecule has 0 aromatic heterocycles. The van der Waals surface area contributed by atoms with Gasteiger partial charge in [-0.15, -0.1) is 0 Å². The number of hydrogen-bond acceptors (Lipinski definition) is 7. The van der Waals surface area contributed by atoms with E-state index in [4.69, 9.17) is 18.9 Å². The Morgan fingerprint density at radius 3 is 2.50 bits per heavy atom. The topological polar surface area (TPSA) is 97.7 Å². The van der Waals surface area contributed by atoms with E-state index in [2.05, 4.69) is 0 Å². The number of amides is 1. The van der Waals surface area contributed by atoms with Crippen LogP contribution in [0.2, 0.25) is 0 Å². The van der Waals surface area contributed by atoms with Gasteiger partial charge >= 0.3 is 0 Å². The number of hydrogen-bond donors (Lipinski definition) is 2. The van der Waals surface area contributed by atoms with Gasteiger partial charge in [-0.1, -0.05) is 0 Å². The van der Waals surface area contributed by atoms with Gasteiger partial charge < -0.3 is 34.1 Å². The Kier molecular flexibility index (Phi) is 4.52. The molecule has 1 fully saturated rings. The summed E-state index contributed by atoms with van der Waals surface area (Å²) >= 11 is 0. The van der Waals surface area contributed by atoms with Crippen molar-refractivity contribution in [3.05, 3.63) is 23.3 Å². The SMILES string of the molecule is COC(OC)C(=O)N1Cc2cc3c(cc2[C@@H]2C[C@@H](O)[C@@H](O)C[C@@H]21)OCO3. The molecule has 4 rings (SSSR count). The van der Waals surface area contributed by atoms with Crippen molar-refractivity contribution in [2.75, 3.05) is 21.0 Å². The molecule has 0 bridgehead atoms. The van der Waals surface area contributed by atoms with Crippen LogP contribution < -0.4 is 9.47 Å². The minimum atomic E-state index is -1.00. The van der Waals surface area contributed by atoms with Gasteiger partial charge in [-0.05, 0) is 36.1 Å². The highest BCUT2D eigenvalue weighted by atomic mass is 16.7. The van der Waals surface area contributed by atoms with Crippen LogP contribution in [-0.4, -0.2) is 66.6 Å². The van der Waals surface area contributed by atoms with Gasteiger partial charge in [0.25, 0.3) is 5.91 Å². The fraction of sp³-hybridized carbons (Fsp3) is 0.611. The third kappa shape index (κ3) is 2.73. The van der Waals surface area contributed by atoms with Crippen LogP contribution in [0.15, 0.2) is 12.1 Å². The Morgan fingerprint density at radius 2 is 1.81 bits per heavy atom. The minimum Gasteiger partial charge on any atom is -0.454 e. The lowest BCUT2D eigenvalue weighted by molar-refractivity contribution is -0.177. The highest BCUT2D eigenvalue weighted by molar-refractivity contribution is 5.80. The van der Waals surface area contributed by atoms with Crippen LogP contribution in [0.1, 0.15) is 29.9 Å². The van der Waals surface area contributed by atoms with E-state index >= 15 is 0 Å². The van der Waals surface area contributed by atoms with Gasteiger partial charge in [-0.3, -0.25) is 4.79 Å². The van der Waals surface area contributed by atoms with Gasteiger partial charge in [0.2, 0.25) is 13.1 Å². The van der Waals surface area contributed by atoms with Crippen molar-refractivity contribution in [2.45, 2.75) is 49.8 Å². The Bertz CT molecular complexity index is 705. The molecule has 4 atom stereocenters. The van der Waals surface area contributed by atoms with E-state index in [1.54, 1.807) is 4.90 Å². The molecule has 0 spiro atoms. The van der Waals surface area contributed by atoms with E-state index in [0.29, 0.717) is 30.9 Å². The van der Waals surface area contributed by atoms with Crippen LogP contribution in [-0.2, 0) is 20.8 Å². The predicted octanol–water partition coefficient (Wildman–Crippen LogP) is 0.344. The second-order valence-electron chi connectivity index (χ2n) is 6.95. The number of nitrogens with zero attached hydrogens (tertiary/aromatic N) is 1. The smallest absolute Gasteiger partial charge is 0.280 e. The predicted molar refractivity (Wildman–Crippen MR) is 88.7 cm³/mol. The summed E-state index contributed by atoms with van der Waals surface area (Å²) in [7, 11) is 2.83. The lowest BCUT2D eigenvalue weighted by Gasteiger charge is -2.48. The number of fused-ring (bicyclic) bond motifs is 4. The number of carbonyl (C=O) groups is 1. The number of benzene rings is 1. The summed E-state index contributed by atoms with van der Waals surface area (Å²) in [5, 5.41) is 20.4. The Morgan fingerprint density at radius 1 is 1.15 bits per heavy atom. The van der Waals surface area contributed by atoms with E-state index in [1.807, 2.05) is 12.1 Å². The molecule has 0 unspecified atom stereocenters. The first-order chi connectivity index (χ1) is 12.5. The number of carbonyl (C=O) groups excluding carboxylic acids is 1. The summed E-state index contributed by atoms with van der Waals surface area (Å²) in [5.74, 6) is 0.928. The Labute approximate surface area is 151 Å². The molecule has 0 radical (unpaired) electrons. The molecule has 8 heteroatoms. The Hall–Kier alpha value is -1.87. The number of aliphatic hydroxyl groups excluding tert-OH is 2. The molecule has 0 saturated heterocycles. The maximum absolute atomic E-state index is 12.9. The molecule has 2 heterocycles. The second kappa shape index (κ2) is 6.70. The highest BCUT2D eigenvalue weighted by Crippen LogP contribution is 2.46. The fourth-order valence-corrected chi connectivity index (χ4v) is 4.28. The summed E-state index contributed by atoms with van der Waals surface area (Å²) in [6.07, 6.45) is -2.04. The fourth-order valence-electron chi connectivity index (χ4n) is 4.28. The van der Waals surface area contributed by atoms with Crippen molar-refractivity contribution < 1.29 is 34.0 Å². The van der Waals surface area contributed by atoms with Crippen LogP contribution in [0.25, 0.3) is 0 Å². The maximum atomic E-state index is 12.9. The zero-order valence-corrected chi connectivity index (χ0v) is 14.8. The molecule has 1 aromatic rings. The molecule has 2 aliphatic heterocycles. The molecule has 1 aliphatic carbocycles. The van der Waals surface area contributed by atoms with Crippen molar-refractivity contribution in [3.63, 3.8) is 0 Å². The first-order valence-corrected chi connectivity index (χ1v) is 8.68. The molecule has 142 valence electrons. The zero-order valence-electron chi connectivity index (χ0n) is 14.8. The molecular formula is C18H23NO7. The highest BCUT2D eigenvalue weighted by Gasteiger charge is 2.46. The number of methoxy groups -OCH3 is 2. The minimum absolute atomic E-state index is 0.107. The van der Waals surface area contributed by atoms with Gasteiger partial charge in [-0.25, -0.2) is 0 Å². The van der Waals surface area contributed by atoms with Crippen molar-refractivity contribution in [1.29, 1.82) is 0 Å². The standard InChI is InChI=1S/C18H23NO7/c1-23-18(24-2)17(22)19-7-9-3-15-16(26-8-25-15)5-10(9)11-4-13(20)14(21)6-12(11)19/h3,5,11-14,18,20-21H,4,6-8H2,1-2H3/t11-,12-,13+,14-/m0/s1. The third-order valence-corrected chi connectivity index (χ3v) is 5.57. The van der Waals surface area contributed by atoms with E-state index in [0.717, 1.165) is 11.1 Å². The molecule has 26 heavy (non-hydrogen) atoms. The summed E-state index contributed by atoms with van der Waals surface area (Å²) < 4.78 is 21.2. The van der Waals surface area contributed by atoms with Crippen LogP contribution in [0.3, 0.4) is 0 Å². The van der Waals surface area contributed by atoms with Gasteiger partial charge in [-0.2, -0.15) is 0 Å². The van der Waals surface area contributed by atoms with Gasteiger partial charge in [0, 0.05) is 32.7 Å². The normalized spacial score (nSPS) is 29.5. The molecule has 8 nitrogen and oxygen atoms in total. The zero-order chi connectivity index (χ0) is 18.4. The van der Waals surface area contributed by atoms with Crippen molar-refractivity contribution in [2.24, 2.45) is 0 Å². The summed E-state index contributed by atoms with van der Waals surface area (Å²) in [6, 6.07) is 3.58. The van der Waals surface area contributed by atoms with Crippen molar-refractivity contribution in [3.8, 4) is 11.5 Å². The number of ether oxygens (including phenoxy) is 4. The third-order valence-electron chi connectivity index (χ3n) is 5.57. The Balaban J connectivity index is 1.74.